The van der Waals surface area contributed by atoms with Gasteiger partial charge in [0, 0.05) is 17.7 Å². The smallest absolute Gasteiger partial charge is 0.214 e. The van der Waals surface area contributed by atoms with Gasteiger partial charge in [0.2, 0.25) is 5.88 Å². The highest BCUT2D eigenvalue weighted by Crippen LogP contribution is 2.35. The quantitative estimate of drug-likeness (QED) is 0.792. The SMILES string of the molecule is CCOc1cc(-c2ccc(C#N)cc2)cc(C2CCCCC2)n1. The molecule has 0 spiro atoms. The monoisotopic (exact) mass is 306 g/mol. The van der Waals surface area contributed by atoms with E-state index in [1.807, 2.05) is 37.3 Å². The van der Waals surface area contributed by atoms with E-state index in [4.69, 9.17) is 15.0 Å². The van der Waals surface area contributed by atoms with Crippen molar-refractivity contribution in [1.82, 2.24) is 4.98 Å². The summed E-state index contributed by atoms with van der Waals surface area (Å²) >= 11 is 0. The zero-order valence-electron chi connectivity index (χ0n) is 13.6. The molecule has 1 fully saturated rings. The summed E-state index contributed by atoms with van der Waals surface area (Å²) in [5, 5.41) is 8.95. The van der Waals surface area contributed by atoms with Crippen molar-refractivity contribution in [1.29, 1.82) is 5.26 Å². The van der Waals surface area contributed by atoms with Crippen molar-refractivity contribution in [2.24, 2.45) is 0 Å². The average molecular weight is 306 g/mol. The summed E-state index contributed by atoms with van der Waals surface area (Å²) in [5.41, 5.74) is 4.05. The van der Waals surface area contributed by atoms with Crippen LogP contribution >= 0.6 is 0 Å². The Kier molecular flexibility index (Phi) is 4.92. The third-order valence-corrected chi connectivity index (χ3v) is 4.48. The molecule has 1 heterocycles. The molecule has 0 atom stereocenters. The number of aromatic nitrogens is 1. The van der Waals surface area contributed by atoms with Crippen LogP contribution in [-0.4, -0.2) is 11.6 Å². The Balaban J connectivity index is 1.97. The van der Waals surface area contributed by atoms with E-state index >= 15 is 0 Å². The number of pyridine rings is 1. The summed E-state index contributed by atoms with van der Waals surface area (Å²) in [4.78, 5) is 4.73. The lowest BCUT2D eigenvalue weighted by Crippen LogP contribution is -2.08. The molecule has 0 unspecified atom stereocenters. The van der Waals surface area contributed by atoms with E-state index in [0.717, 1.165) is 16.8 Å². The minimum atomic E-state index is 0.543. The second kappa shape index (κ2) is 7.28. The highest BCUT2D eigenvalue weighted by molar-refractivity contribution is 5.65. The topological polar surface area (TPSA) is 45.9 Å². The minimum absolute atomic E-state index is 0.543. The molecule has 0 aliphatic heterocycles. The van der Waals surface area contributed by atoms with Gasteiger partial charge in [-0.1, -0.05) is 31.4 Å². The van der Waals surface area contributed by atoms with Gasteiger partial charge in [0.05, 0.1) is 18.2 Å². The molecule has 3 heteroatoms. The molecule has 1 aliphatic rings. The van der Waals surface area contributed by atoms with Gasteiger partial charge in [-0.25, -0.2) is 4.98 Å². The summed E-state index contributed by atoms with van der Waals surface area (Å²) < 4.78 is 5.68. The van der Waals surface area contributed by atoms with Crippen molar-refractivity contribution in [3.05, 3.63) is 47.7 Å². The number of hydrogen-bond acceptors (Lipinski definition) is 3. The predicted octanol–water partition coefficient (Wildman–Crippen LogP) is 5.07. The number of hydrogen-bond donors (Lipinski definition) is 0. The summed E-state index contributed by atoms with van der Waals surface area (Å²) in [5.74, 6) is 1.25. The first-order valence-corrected chi connectivity index (χ1v) is 8.45. The van der Waals surface area contributed by atoms with Crippen LogP contribution in [0.3, 0.4) is 0 Å². The standard InChI is InChI=1S/C20H22N2O/c1-2-23-20-13-18(16-10-8-15(14-21)9-11-16)12-19(22-20)17-6-4-3-5-7-17/h8-13,17H,2-7H2,1H3. The van der Waals surface area contributed by atoms with Gasteiger partial charge in [-0.05, 0) is 49.1 Å². The second-order valence-corrected chi connectivity index (χ2v) is 6.08. The minimum Gasteiger partial charge on any atom is -0.478 e. The third-order valence-electron chi connectivity index (χ3n) is 4.48. The summed E-state index contributed by atoms with van der Waals surface area (Å²) in [6.45, 7) is 2.60. The first-order chi connectivity index (χ1) is 11.3. The van der Waals surface area contributed by atoms with E-state index in [0.29, 0.717) is 24.0 Å². The largest absolute Gasteiger partial charge is 0.478 e. The number of ether oxygens (including phenoxy) is 1. The van der Waals surface area contributed by atoms with Crippen molar-refractivity contribution in [2.75, 3.05) is 6.61 Å². The van der Waals surface area contributed by atoms with Crippen LogP contribution in [0.15, 0.2) is 36.4 Å². The van der Waals surface area contributed by atoms with Crippen LogP contribution in [-0.2, 0) is 0 Å². The zero-order chi connectivity index (χ0) is 16.1. The van der Waals surface area contributed by atoms with Gasteiger partial charge < -0.3 is 4.74 Å². The Hall–Kier alpha value is -2.34. The van der Waals surface area contributed by atoms with Crippen molar-refractivity contribution < 1.29 is 4.74 Å². The lowest BCUT2D eigenvalue weighted by molar-refractivity contribution is 0.323. The molecular weight excluding hydrogens is 284 g/mol. The zero-order valence-corrected chi connectivity index (χ0v) is 13.6. The fourth-order valence-electron chi connectivity index (χ4n) is 3.26. The first kappa shape index (κ1) is 15.6. The normalized spacial score (nSPS) is 15.1. The summed E-state index contributed by atoms with van der Waals surface area (Å²) in [6.07, 6.45) is 6.35. The molecular formula is C20H22N2O. The Labute approximate surface area is 137 Å². The lowest BCUT2D eigenvalue weighted by Gasteiger charge is -2.22. The lowest BCUT2D eigenvalue weighted by atomic mass is 9.86. The maximum absolute atomic E-state index is 8.95. The molecule has 0 bridgehead atoms. The van der Waals surface area contributed by atoms with Crippen LogP contribution in [0.2, 0.25) is 0 Å². The van der Waals surface area contributed by atoms with Crippen molar-refractivity contribution >= 4 is 0 Å². The van der Waals surface area contributed by atoms with Crippen molar-refractivity contribution in [2.45, 2.75) is 44.9 Å². The molecule has 0 N–H and O–H groups in total. The molecule has 3 rings (SSSR count). The number of nitriles is 1. The Morgan fingerprint density at radius 3 is 2.48 bits per heavy atom. The van der Waals surface area contributed by atoms with E-state index in [9.17, 15) is 0 Å². The van der Waals surface area contributed by atoms with Crippen LogP contribution in [0.5, 0.6) is 5.88 Å². The van der Waals surface area contributed by atoms with E-state index < -0.39 is 0 Å². The summed E-state index contributed by atoms with van der Waals surface area (Å²) in [6, 6.07) is 14.1. The van der Waals surface area contributed by atoms with Crippen LogP contribution in [0, 0.1) is 11.3 Å². The van der Waals surface area contributed by atoms with Gasteiger partial charge in [-0.15, -0.1) is 0 Å². The van der Waals surface area contributed by atoms with Crippen molar-refractivity contribution in [3.8, 4) is 23.1 Å². The van der Waals surface area contributed by atoms with Gasteiger partial charge in [-0.2, -0.15) is 5.26 Å². The van der Waals surface area contributed by atoms with Crippen LogP contribution in [0.25, 0.3) is 11.1 Å². The molecule has 1 aromatic heterocycles. The Morgan fingerprint density at radius 2 is 1.83 bits per heavy atom. The van der Waals surface area contributed by atoms with Gasteiger partial charge in [-0.3, -0.25) is 0 Å². The van der Waals surface area contributed by atoms with E-state index in [1.54, 1.807) is 0 Å². The molecule has 0 amide bonds. The number of rotatable bonds is 4. The highest BCUT2D eigenvalue weighted by atomic mass is 16.5. The molecule has 1 saturated carbocycles. The average Bonchev–Trinajstić information content (AvgIpc) is 2.62. The maximum atomic E-state index is 8.95. The van der Waals surface area contributed by atoms with Crippen molar-refractivity contribution in [3.63, 3.8) is 0 Å². The van der Waals surface area contributed by atoms with Crippen LogP contribution < -0.4 is 4.74 Å². The van der Waals surface area contributed by atoms with Gasteiger partial charge in [0.1, 0.15) is 0 Å². The molecule has 118 valence electrons. The molecule has 1 aromatic carbocycles. The fraction of sp³-hybridized carbons (Fsp3) is 0.400. The van der Waals surface area contributed by atoms with E-state index in [2.05, 4.69) is 12.1 Å². The Bertz CT molecular complexity index is 695. The molecule has 3 nitrogen and oxygen atoms in total. The molecule has 23 heavy (non-hydrogen) atoms. The molecule has 0 saturated heterocycles. The third kappa shape index (κ3) is 3.71. The Morgan fingerprint density at radius 1 is 1.09 bits per heavy atom. The van der Waals surface area contributed by atoms with Gasteiger partial charge in [0.25, 0.3) is 0 Å². The number of nitrogens with zero attached hydrogens (tertiary/aromatic N) is 2. The fourth-order valence-corrected chi connectivity index (χ4v) is 3.26. The molecule has 0 radical (unpaired) electrons. The van der Waals surface area contributed by atoms with Crippen LogP contribution in [0.1, 0.15) is 56.2 Å². The van der Waals surface area contributed by atoms with Gasteiger partial charge >= 0.3 is 0 Å². The van der Waals surface area contributed by atoms with Gasteiger partial charge in [0.15, 0.2) is 0 Å². The second-order valence-electron chi connectivity index (χ2n) is 6.08. The van der Waals surface area contributed by atoms with E-state index in [-0.39, 0.29) is 0 Å². The number of benzene rings is 1. The van der Waals surface area contributed by atoms with Crippen LogP contribution in [0.4, 0.5) is 0 Å². The summed E-state index contributed by atoms with van der Waals surface area (Å²) in [7, 11) is 0. The van der Waals surface area contributed by atoms with E-state index in [1.165, 1.54) is 32.1 Å². The maximum Gasteiger partial charge on any atom is 0.214 e. The molecule has 2 aromatic rings. The highest BCUT2D eigenvalue weighted by Gasteiger charge is 2.18. The molecule has 1 aliphatic carbocycles. The first-order valence-electron chi connectivity index (χ1n) is 8.45. The predicted molar refractivity (Wildman–Crippen MR) is 91.4 cm³/mol.